The summed E-state index contributed by atoms with van der Waals surface area (Å²) < 4.78 is 16.0. The molecule has 0 saturated heterocycles. The van der Waals surface area contributed by atoms with E-state index in [0.29, 0.717) is 16.5 Å². The Morgan fingerprint density at radius 1 is 0.976 bits per heavy atom. The largest absolute Gasteiger partial charge is 0.466 e. The highest BCUT2D eigenvalue weighted by Crippen LogP contribution is 2.50. The molecule has 2 heterocycles. The molecule has 0 spiro atoms. The van der Waals surface area contributed by atoms with Crippen LogP contribution < -0.4 is 9.47 Å². The normalized spacial score (nSPS) is 16.7. The fourth-order valence-corrected chi connectivity index (χ4v) is 5.96. The summed E-state index contributed by atoms with van der Waals surface area (Å²) in [4.78, 5) is 7.38. The molecular formula is C29H35BrCl2N6O4. The second-order valence-electron chi connectivity index (χ2n) is 11.5. The van der Waals surface area contributed by atoms with Crippen LogP contribution in [0.1, 0.15) is 39.5 Å². The standard InChI is InChI=1S/C29H35BrCl2N6O4/c1-19-13-20(32)11-12-22(19)42-29(38-18-34-16-36-38,26(40)27(2,3)14-31)25(30)28(4,5)23(39)24(37-17-33-15-35-37)41-21-9-7-6-8-10-21/h6-13,15-18,23-26,39-40H,14H2,1-5H3. The summed E-state index contributed by atoms with van der Waals surface area (Å²) in [7, 11) is 0. The minimum Gasteiger partial charge on any atom is -0.466 e. The van der Waals surface area contributed by atoms with Crippen molar-refractivity contribution in [3.05, 3.63) is 84.4 Å². The van der Waals surface area contributed by atoms with Gasteiger partial charge in [0.1, 0.15) is 49.0 Å². The second kappa shape index (κ2) is 12.9. The van der Waals surface area contributed by atoms with Gasteiger partial charge in [0.15, 0.2) is 0 Å². The quantitative estimate of drug-likeness (QED) is 0.175. The van der Waals surface area contributed by atoms with Gasteiger partial charge >= 0.3 is 0 Å². The summed E-state index contributed by atoms with van der Waals surface area (Å²) in [5, 5.41) is 33.6. The fraction of sp³-hybridized carbons (Fsp3) is 0.448. The number of aryl methyl sites for hydroxylation is 1. The zero-order valence-corrected chi connectivity index (χ0v) is 27.1. The summed E-state index contributed by atoms with van der Waals surface area (Å²) in [6.45, 7) is 9.17. The van der Waals surface area contributed by atoms with E-state index in [1.807, 2.05) is 52.8 Å². The van der Waals surface area contributed by atoms with Crippen molar-refractivity contribution in [1.29, 1.82) is 0 Å². The van der Waals surface area contributed by atoms with Gasteiger partial charge in [-0.15, -0.1) is 11.6 Å². The number of halogens is 3. The molecule has 0 amide bonds. The highest BCUT2D eigenvalue weighted by atomic mass is 79.9. The number of aliphatic hydroxyl groups is 2. The van der Waals surface area contributed by atoms with Crippen LogP contribution in [0.5, 0.6) is 11.5 Å². The first-order valence-electron chi connectivity index (χ1n) is 13.3. The van der Waals surface area contributed by atoms with E-state index in [-0.39, 0.29) is 5.88 Å². The average molecular weight is 682 g/mol. The molecule has 10 nitrogen and oxygen atoms in total. The Balaban J connectivity index is 1.88. The minimum absolute atomic E-state index is 0.0922. The van der Waals surface area contributed by atoms with Gasteiger partial charge in [0.2, 0.25) is 12.0 Å². The van der Waals surface area contributed by atoms with Crippen molar-refractivity contribution < 1.29 is 19.7 Å². The van der Waals surface area contributed by atoms with Gasteiger partial charge in [-0.25, -0.2) is 19.3 Å². The second-order valence-corrected chi connectivity index (χ2v) is 13.1. The number of hydrogen-bond acceptors (Lipinski definition) is 8. The first-order chi connectivity index (χ1) is 19.8. The van der Waals surface area contributed by atoms with Gasteiger partial charge < -0.3 is 19.7 Å². The lowest BCUT2D eigenvalue weighted by Crippen LogP contribution is -2.66. The molecule has 42 heavy (non-hydrogen) atoms. The fourth-order valence-electron chi connectivity index (χ4n) is 4.76. The van der Waals surface area contributed by atoms with Crippen molar-refractivity contribution in [1.82, 2.24) is 29.5 Å². The van der Waals surface area contributed by atoms with Crippen molar-refractivity contribution in [2.24, 2.45) is 10.8 Å². The monoisotopic (exact) mass is 680 g/mol. The van der Waals surface area contributed by atoms with Crippen LogP contribution in [0.4, 0.5) is 0 Å². The third-order valence-corrected chi connectivity index (χ3v) is 10.2. The molecule has 2 aromatic carbocycles. The number of hydrogen-bond donors (Lipinski definition) is 2. The molecule has 0 saturated carbocycles. The number of nitrogens with zero attached hydrogens (tertiary/aromatic N) is 6. The first-order valence-corrected chi connectivity index (χ1v) is 15.1. The van der Waals surface area contributed by atoms with Crippen LogP contribution in [-0.4, -0.2) is 62.7 Å². The lowest BCUT2D eigenvalue weighted by atomic mass is 9.72. The van der Waals surface area contributed by atoms with Crippen LogP contribution in [-0.2, 0) is 5.72 Å². The molecule has 0 aliphatic carbocycles. The number of aliphatic hydroxyl groups excluding tert-OH is 2. The summed E-state index contributed by atoms with van der Waals surface area (Å²) >= 11 is 16.5. The van der Waals surface area contributed by atoms with Crippen LogP contribution in [0.25, 0.3) is 0 Å². The van der Waals surface area contributed by atoms with E-state index in [1.165, 1.54) is 34.7 Å². The van der Waals surface area contributed by atoms with Crippen LogP contribution in [0.3, 0.4) is 0 Å². The molecule has 2 aromatic heterocycles. The van der Waals surface area contributed by atoms with Crippen LogP contribution in [0.2, 0.25) is 5.02 Å². The van der Waals surface area contributed by atoms with Crippen molar-refractivity contribution in [3.63, 3.8) is 0 Å². The smallest absolute Gasteiger partial charge is 0.242 e. The van der Waals surface area contributed by atoms with Crippen molar-refractivity contribution in [2.45, 2.75) is 63.6 Å². The Bertz CT molecular complexity index is 1430. The van der Waals surface area contributed by atoms with Gasteiger partial charge in [0.25, 0.3) is 0 Å². The molecule has 4 aromatic rings. The van der Waals surface area contributed by atoms with E-state index in [9.17, 15) is 10.2 Å². The molecular weight excluding hydrogens is 647 g/mol. The highest BCUT2D eigenvalue weighted by Gasteiger charge is 2.61. The highest BCUT2D eigenvalue weighted by molar-refractivity contribution is 9.09. The topological polar surface area (TPSA) is 120 Å². The molecule has 0 fully saturated rings. The molecule has 0 aliphatic rings. The van der Waals surface area contributed by atoms with Gasteiger partial charge in [-0.1, -0.05) is 73.4 Å². The number of ether oxygens (including phenoxy) is 2. The Kier molecular flexibility index (Phi) is 9.89. The van der Waals surface area contributed by atoms with E-state index in [1.54, 1.807) is 30.3 Å². The maximum atomic E-state index is 12.2. The molecule has 226 valence electrons. The molecule has 0 radical (unpaired) electrons. The zero-order valence-electron chi connectivity index (χ0n) is 24.0. The lowest BCUT2D eigenvalue weighted by Gasteiger charge is -2.52. The molecule has 0 aliphatic heterocycles. The number of benzene rings is 2. The molecule has 5 unspecified atom stereocenters. The van der Waals surface area contributed by atoms with Crippen molar-refractivity contribution >= 4 is 39.1 Å². The molecule has 13 heteroatoms. The van der Waals surface area contributed by atoms with E-state index < -0.39 is 39.8 Å². The maximum Gasteiger partial charge on any atom is 0.242 e. The van der Waals surface area contributed by atoms with Gasteiger partial charge in [0, 0.05) is 21.7 Å². The number of rotatable bonds is 13. The summed E-state index contributed by atoms with van der Waals surface area (Å²) in [6.07, 6.45) is 2.13. The minimum atomic E-state index is -1.70. The Hall–Kier alpha value is -2.70. The van der Waals surface area contributed by atoms with E-state index >= 15 is 0 Å². The lowest BCUT2D eigenvalue weighted by molar-refractivity contribution is -0.188. The van der Waals surface area contributed by atoms with E-state index in [2.05, 4.69) is 36.1 Å². The maximum absolute atomic E-state index is 12.2. The zero-order chi connectivity index (χ0) is 30.7. The van der Waals surface area contributed by atoms with Crippen molar-refractivity contribution in [2.75, 3.05) is 5.88 Å². The molecule has 0 bridgehead atoms. The predicted octanol–water partition coefficient (Wildman–Crippen LogP) is 5.62. The van der Waals surface area contributed by atoms with Gasteiger partial charge in [-0.3, -0.25) is 0 Å². The third kappa shape index (κ3) is 6.30. The Morgan fingerprint density at radius 3 is 2.21 bits per heavy atom. The average Bonchev–Trinajstić information content (AvgIpc) is 3.71. The van der Waals surface area contributed by atoms with E-state index in [4.69, 9.17) is 32.7 Å². The van der Waals surface area contributed by atoms with E-state index in [0.717, 1.165) is 5.56 Å². The SMILES string of the molecule is Cc1cc(Cl)ccc1OC(C(O)C(C)(C)CCl)(C(Br)C(C)(C)C(O)C(Oc1ccccc1)n1cncn1)n1cncn1. The summed E-state index contributed by atoms with van der Waals surface area (Å²) in [5.74, 6) is 1.06. The number of aromatic nitrogens is 6. The Morgan fingerprint density at radius 2 is 1.64 bits per heavy atom. The van der Waals surface area contributed by atoms with Gasteiger partial charge in [-0.2, -0.15) is 10.2 Å². The van der Waals surface area contributed by atoms with Crippen molar-refractivity contribution in [3.8, 4) is 11.5 Å². The number of para-hydroxylation sites is 1. The molecule has 2 N–H and O–H groups in total. The molecule has 4 rings (SSSR count). The molecule has 5 atom stereocenters. The Labute approximate surface area is 263 Å². The first kappa shape index (κ1) is 32.2. The van der Waals surface area contributed by atoms with Crippen LogP contribution >= 0.6 is 39.1 Å². The van der Waals surface area contributed by atoms with Crippen LogP contribution in [0.15, 0.2) is 73.8 Å². The van der Waals surface area contributed by atoms with Gasteiger partial charge in [0.05, 0.1) is 4.83 Å². The number of alkyl halides is 2. The summed E-state index contributed by atoms with van der Waals surface area (Å²) in [6, 6.07) is 14.3. The predicted molar refractivity (Wildman–Crippen MR) is 164 cm³/mol. The van der Waals surface area contributed by atoms with Crippen LogP contribution in [0, 0.1) is 17.8 Å². The van der Waals surface area contributed by atoms with Gasteiger partial charge in [-0.05, 0) is 42.8 Å². The summed E-state index contributed by atoms with van der Waals surface area (Å²) in [5.41, 5.74) is -2.99. The third-order valence-electron chi connectivity index (χ3n) is 7.41.